The molecular formula is C5H14NO3P. The van der Waals surface area contributed by atoms with Crippen molar-refractivity contribution in [2.24, 2.45) is 11.1 Å². The zero-order chi connectivity index (χ0) is 8.58. The standard InChI is InChI=1S/C5H14NO3P/c1-5(2,3)4(6)10(7,8)9/h4H,6H2,1-3H3,(H2,7,8,9)/t4-/m0/s1. The fourth-order valence-corrected chi connectivity index (χ4v) is 1.51. The third-order valence-corrected chi connectivity index (χ3v) is 2.75. The van der Waals surface area contributed by atoms with Crippen LogP contribution in [0.1, 0.15) is 20.8 Å². The molecule has 0 aliphatic carbocycles. The molecule has 0 saturated carbocycles. The van der Waals surface area contributed by atoms with E-state index in [4.69, 9.17) is 15.5 Å². The second kappa shape index (κ2) is 2.62. The molecular weight excluding hydrogens is 153 g/mol. The second-order valence-electron chi connectivity index (χ2n) is 3.40. The van der Waals surface area contributed by atoms with Crippen LogP contribution < -0.4 is 5.73 Å². The molecule has 5 heteroatoms. The van der Waals surface area contributed by atoms with E-state index in [0.29, 0.717) is 0 Å². The van der Waals surface area contributed by atoms with Crippen LogP contribution in [-0.4, -0.2) is 15.6 Å². The summed E-state index contributed by atoms with van der Waals surface area (Å²) in [5.41, 5.74) is 4.72. The lowest BCUT2D eigenvalue weighted by atomic mass is 9.97. The van der Waals surface area contributed by atoms with Crippen LogP contribution in [0.4, 0.5) is 0 Å². The van der Waals surface area contributed by atoms with Gasteiger partial charge in [-0.3, -0.25) is 4.57 Å². The van der Waals surface area contributed by atoms with Crippen molar-refractivity contribution in [1.82, 2.24) is 0 Å². The van der Waals surface area contributed by atoms with E-state index < -0.39 is 18.8 Å². The molecule has 0 radical (unpaired) electrons. The van der Waals surface area contributed by atoms with Gasteiger partial charge in [0.15, 0.2) is 0 Å². The summed E-state index contributed by atoms with van der Waals surface area (Å²) in [6.07, 6.45) is 0. The normalized spacial score (nSPS) is 17.0. The maximum absolute atomic E-state index is 10.5. The molecule has 0 aliphatic rings. The van der Waals surface area contributed by atoms with Gasteiger partial charge in [-0.1, -0.05) is 20.8 Å². The molecule has 0 spiro atoms. The quantitative estimate of drug-likeness (QED) is 0.496. The van der Waals surface area contributed by atoms with Gasteiger partial charge in [0.25, 0.3) is 0 Å². The highest BCUT2D eigenvalue weighted by Gasteiger charge is 2.35. The Kier molecular flexibility index (Phi) is 2.65. The van der Waals surface area contributed by atoms with Gasteiger partial charge in [-0.25, -0.2) is 0 Å². The summed E-state index contributed by atoms with van der Waals surface area (Å²) in [5.74, 6) is -1.07. The Bertz CT molecular complexity index is 157. The van der Waals surface area contributed by atoms with Crippen molar-refractivity contribution < 1.29 is 14.4 Å². The van der Waals surface area contributed by atoms with Gasteiger partial charge in [0.2, 0.25) is 0 Å². The molecule has 0 rings (SSSR count). The van der Waals surface area contributed by atoms with Crippen LogP contribution in [0.2, 0.25) is 0 Å². The Balaban J connectivity index is 4.39. The Morgan fingerprint density at radius 3 is 1.70 bits per heavy atom. The van der Waals surface area contributed by atoms with Gasteiger partial charge in [0.05, 0.1) is 0 Å². The maximum Gasteiger partial charge on any atom is 0.342 e. The van der Waals surface area contributed by atoms with Crippen LogP contribution in [-0.2, 0) is 4.57 Å². The molecule has 62 valence electrons. The SMILES string of the molecule is CC(C)(C)[C@@H](N)P(=O)(O)O. The van der Waals surface area contributed by atoms with E-state index in [1.54, 1.807) is 20.8 Å². The van der Waals surface area contributed by atoms with Crippen LogP contribution in [0.25, 0.3) is 0 Å². The van der Waals surface area contributed by atoms with E-state index in [9.17, 15) is 4.57 Å². The minimum Gasteiger partial charge on any atom is -0.323 e. The van der Waals surface area contributed by atoms with Gasteiger partial charge in [-0.05, 0) is 5.41 Å². The van der Waals surface area contributed by atoms with Crippen LogP contribution in [0, 0.1) is 5.41 Å². The molecule has 0 aliphatic heterocycles. The average molecular weight is 167 g/mol. The highest BCUT2D eigenvalue weighted by atomic mass is 31.2. The zero-order valence-corrected chi connectivity index (χ0v) is 7.30. The monoisotopic (exact) mass is 167 g/mol. The third kappa shape index (κ3) is 2.80. The van der Waals surface area contributed by atoms with E-state index in [1.807, 2.05) is 0 Å². The smallest absolute Gasteiger partial charge is 0.323 e. The van der Waals surface area contributed by atoms with Crippen molar-refractivity contribution in [3.05, 3.63) is 0 Å². The minimum absolute atomic E-state index is 0.543. The largest absolute Gasteiger partial charge is 0.342 e. The van der Waals surface area contributed by atoms with Crippen molar-refractivity contribution in [1.29, 1.82) is 0 Å². The molecule has 10 heavy (non-hydrogen) atoms. The number of hydrogen-bond donors (Lipinski definition) is 3. The molecule has 0 saturated heterocycles. The van der Waals surface area contributed by atoms with Gasteiger partial charge >= 0.3 is 7.60 Å². The Morgan fingerprint density at radius 2 is 1.70 bits per heavy atom. The summed E-state index contributed by atoms with van der Waals surface area (Å²) < 4.78 is 10.5. The summed E-state index contributed by atoms with van der Waals surface area (Å²) in [6, 6.07) is 0. The molecule has 0 amide bonds. The van der Waals surface area contributed by atoms with Crippen LogP contribution in [0.5, 0.6) is 0 Å². The summed E-state index contributed by atoms with van der Waals surface area (Å²) in [6.45, 7) is 5.07. The summed E-state index contributed by atoms with van der Waals surface area (Å²) in [4.78, 5) is 17.2. The molecule has 0 aromatic heterocycles. The summed E-state index contributed by atoms with van der Waals surface area (Å²) >= 11 is 0. The first-order valence-corrected chi connectivity index (χ1v) is 4.64. The fraction of sp³-hybridized carbons (Fsp3) is 1.00. The first kappa shape index (κ1) is 10.1. The van der Waals surface area contributed by atoms with Gasteiger partial charge in [0.1, 0.15) is 5.78 Å². The Hall–Kier alpha value is 0.110. The lowest BCUT2D eigenvalue weighted by Gasteiger charge is -2.27. The highest BCUT2D eigenvalue weighted by Crippen LogP contribution is 2.46. The first-order valence-electron chi connectivity index (χ1n) is 2.96. The molecule has 0 fully saturated rings. The summed E-state index contributed by atoms with van der Waals surface area (Å²) in [7, 11) is -4.10. The summed E-state index contributed by atoms with van der Waals surface area (Å²) in [5, 5.41) is 0. The third-order valence-electron chi connectivity index (χ3n) is 1.25. The first-order chi connectivity index (χ1) is 4.15. The van der Waals surface area contributed by atoms with E-state index in [0.717, 1.165) is 0 Å². The van der Waals surface area contributed by atoms with Crippen LogP contribution >= 0.6 is 7.60 Å². The minimum atomic E-state index is -4.10. The lowest BCUT2D eigenvalue weighted by Crippen LogP contribution is -2.34. The number of rotatable bonds is 1. The van der Waals surface area contributed by atoms with Crippen molar-refractivity contribution in [3.63, 3.8) is 0 Å². The number of hydrogen-bond acceptors (Lipinski definition) is 2. The number of nitrogens with two attached hydrogens (primary N) is 1. The molecule has 4 nitrogen and oxygen atoms in total. The van der Waals surface area contributed by atoms with Crippen molar-refractivity contribution in [2.75, 3.05) is 0 Å². The maximum atomic E-state index is 10.5. The Morgan fingerprint density at radius 1 is 1.40 bits per heavy atom. The van der Waals surface area contributed by atoms with E-state index in [1.165, 1.54) is 0 Å². The predicted octanol–water partition coefficient (Wildman–Crippen LogP) is 0.495. The molecule has 0 aromatic rings. The van der Waals surface area contributed by atoms with Gasteiger partial charge in [0, 0.05) is 0 Å². The van der Waals surface area contributed by atoms with Crippen molar-refractivity contribution in [3.8, 4) is 0 Å². The molecule has 0 unspecified atom stereocenters. The highest BCUT2D eigenvalue weighted by molar-refractivity contribution is 7.52. The van der Waals surface area contributed by atoms with Gasteiger partial charge in [-0.2, -0.15) is 0 Å². The average Bonchev–Trinajstić information content (AvgIpc) is 1.59. The van der Waals surface area contributed by atoms with E-state index >= 15 is 0 Å². The molecule has 1 atom stereocenters. The topological polar surface area (TPSA) is 83.6 Å². The molecule has 0 aromatic carbocycles. The lowest BCUT2D eigenvalue weighted by molar-refractivity contribution is 0.298. The van der Waals surface area contributed by atoms with E-state index in [2.05, 4.69) is 0 Å². The van der Waals surface area contributed by atoms with Gasteiger partial charge < -0.3 is 15.5 Å². The fourth-order valence-electron chi connectivity index (χ4n) is 0.505. The second-order valence-corrected chi connectivity index (χ2v) is 5.13. The van der Waals surface area contributed by atoms with Crippen LogP contribution in [0.15, 0.2) is 0 Å². The Labute approximate surface area is 60.6 Å². The molecule has 4 N–H and O–H groups in total. The predicted molar refractivity (Wildman–Crippen MR) is 39.5 cm³/mol. The van der Waals surface area contributed by atoms with E-state index in [-0.39, 0.29) is 0 Å². The molecule has 0 bridgehead atoms. The van der Waals surface area contributed by atoms with Crippen molar-refractivity contribution >= 4 is 7.60 Å². The van der Waals surface area contributed by atoms with Crippen molar-refractivity contribution in [2.45, 2.75) is 26.6 Å². The molecule has 0 heterocycles. The van der Waals surface area contributed by atoms with Crippen LogP contribution in [0.3, 0.4) is 0 Å². The zero-order valence-electron chi connectivity index (χ0n) is 6.40. The van der Waals surface area contributed by atoms with Gasteiger partial charge in [-0.15, -0.1) is 0 Å².